The fraction of sp³-hybridized carbons (Fsp3) is 1.00. The molecule has 6 nitrogen and oxygen atoms in total. The molecule has 0 radical (unpaired) electrons. The molecule has 8 heteroatoms. The van der Waals surface area contributed by atoms with E-state index in [1.54, 1.807) is 0 Å². The molecule has 3 unspecified atom stereocenters. The van der Waals surface area contributed by atoms with E-state index in [0.29, 0.717) is 0 Å². The van der Waals surface area contributed by atoms with E-state index < -0.39 is 18.6 Å². The Kier molecular flexibility index (Phi) is 21.9. The van der Waals surface area contributed by atoms with Crippen LogP contribution in [0.15, 0.2) is 0 Å². The molecule has 1 aliphatic rings. The predicted octanol–water partition coefficient (Wildman–Crippen LogP) is 6.37. The average Bonchev–Trinajstić information content (AvgIpc) is 2.72. The minimum absolute atomic E-state index is 0.196. The van der Waals surface area contributed by atoms with Crippen molar-refractivity contribution in [2.75, 3.05) is 5.75 Å². The Morgan fingerprint density at radius 1 is 0.719 bits per heavy atom. The minimum Gasteiger partial charge on any atom is -0.393 e. The van der Waals surface area contributed by atoms with E-state index in [-0.39, 0.29) is 11.4 Å². The lowest BCUT2D eigenvalue weighted by molar-refractivity contribution is 0.132. The average molecular weight is 499 g/mol. The zero-order valence-electron chi connectivity index (χ0n) is 20.5. The Morgan fingerprint density at radius 2 is 1.09 bits per heavy atom. The highest BCUT2D eigenvalue weighted by Gasteiger charge is 2.24. The summed E-state index contributed by atoms with van der Waals surface area (Å²) >= 11 is 0. The van der Waals surface area contributed by atoms with Crippen molar-refractivity contribution in [1.82, 2.24) is 0 Å². The van der Waals surface area contributed by atoms with E-state index in [4.69, 9.17) is 19.2 Å². The molecule has 1 rings (SSSR count). The fourth-order valence-electron chi connectivity index (χ4n) is 4.32. The van der Waals surface area contributed by atoms with Gasteiger partial charge in [0.25, 0.3) is 0 Å². The maximum absolute atomic E-state index is 12.3. The second-order valence-corrected chi connectivity index (χ2v) is 12.2. The van der Waals surface area contributed by atoms with Crippen LogP contribution in [0.25, 0.3) is 0 Å². The number of phosphoric acid groups is 1. The van der Waals surface area contributed by atoms with Crippen LogP contribution in [0.3, 0.4) is 0 Å². The van der Waals surface area contributed by atoms with Crippen molar-refractivity contribution in [2.24, 2.45) is 0 Å². The van der Waals surface area contributed by atoms with Crippen LogP contribution in [0.4, 0.5) is 0 Å². The molecular weight excluding hydrogens is 447 g/mol. The van der Waals surface area contributed by atoms with Gasteiger partial charge >= 0.3 is 7.82 Å². The Morgan fingerprint density at radius 3 is 1.47 bits per heavy atom. The maximum atomic E-state index is 12.3. The number of hydrogen-bond acceptors (Lipinski definition) is 3. The highest BCUT2D eigenvalue weighted by atomic mass is 32.2. The van der Waals surface area contributed by atoms with Gasteiger partial charge in [-0.2, -0.15) is 0 Å². The first kappa shape index (κ1) is 32.2. The molecule has 0 heterocycles. The first-order chi connectivity index (χ1) is 15.2. The molecule has 0 aliphatic heterocycles. The summed E-state index contributed by atoms with van der Waals surface area (Å²) < 4.78 is 21.2. The highest BCUT2D eigenvalue weighted by molar-refractivity contribution is 7.85. The van der Waals surface area contributed by atoms with Crippen LogP contribution in [-0.4, -0.2) is 41.1 Å². The topological polar surface area (TPSA) is 115 Å². The van der Waals surface area contributed by atoms with Crippen LogP contribution < -0.4 is 0 Å². The summed E-state index contributed by atoms with van der Waals surface area (Å²) in [4.78, 5) is 21.6. The van der Waals surface area contributed by atoms with E-state index in [9.17, 15) is 9.32 Å². The van der Waals surface area contributed by atoms with Crippen LogP contribution in [0.5, 0.6) is 0 Å². The van der Waals surface area contributed by atoms with Gasteiger partial charge in [-0.25, -0.2) is 4.57 Å². The number of aliphatic hydroxyl groups is 1. The van der Waals surface area contributed by atoms with Gasteiger partial charge in [-0.05, 0) is 32.1 Å². The van der Waals surface area contributed by atoms with Crippen molar-refractivity contribution in [3.8, 4) is 0 Å². The van der Waals surface area contributed by atoms with E-state index in [1.165, 1.54) is 96.3 Å². The fourth-order valence-corrected chi connectivity index (χ4v) is 6.01. The quantitative estimate of drug-likeness (QED) is 0.129. The van der Waals surface area contributed by atoms with Crippen LogP contribution in [-0.2, 0) is 15.4 Å². The van der Waals surface area contributed by atoms with E-state index >= 15 is 0 Å². The molecule has 0 saturated heterocycles. The number of unbranched alkanes of at least 4 members (excludes halogenated alkanes) is 15. The SMILES string of the molecule is CCCCCCCCCCCCCCCCCCS(=O)C1CCCC(O)C1.O=P(O)(O)O. The molecule has 1 saturated carbocycles. The van der Waals surface area contributed by atoms with Crippen LogP contribution in [0.2, 0.25) is 0 Å². The van der Waals surface area contributed by atoms with Gasteiger partial charge in [-0.15, -0.1) is 0 Å². The van der Waals surface area contributed by atoms with Crippen molar-refractivity contribution in [3.63, 3.8) is 0 Å². The van der Waals surface area contributed by atoms with Crippen molar-refractivity contribution in [2.45, 2.75) is 147 Å². The summed E-state index contributed by atoms with van der Waals surface area (Å²) in [5.74, 6) is 0.857. The van der Waals surface area contributed by atoms with Crippen molar-refractivity contribution in [1.29, 1.82) is 0 Å². The predicted molar refractivity (Wildman–Crippen MR) is 135 cm³/mol. The summed E-state index contributed by atoms with van der Waals surface area (Å²) in [5.41, 5.74) is 0. The van der Waals surface area contributed by atoms with E-state index in [0.717, 1.165) is 37.9 Å². The van der Waals surface area contributed by atoms with Crippen molar-refractivity contribution in [3.05, 3.63) is 0 Å². The molecule has 0 bridgehead atoms. The van der Waals surface area contributed by atoms with Crippen molar-refractivity contribution < 1.29 is 28.6 Å². The number of aliphatic hydroxyl groups excluding tert-OH is 1. The third kappa shape index (κ3) is 24.9. The second kappa shape index (κ2) is 21.7. The maximum Gasteiger partial charge on any atom is 0.466 e. The molecule has 3 atom stereocenters. The molecule has 0 amide bonds. The van der Waals surface area contributed by atoms with E-state index in [2.05, 4.69) is 6.92 Å². The van der Waals surface area contributed by atoms with Crippen LogP contribution in [0.1, 0.15) is 135 Å². The lowest BCUT2D eigenvalue weighted by Crippen LogP contribution is -2.28. The molecule has 0 spiro atoms. The smallest absolute Gasteiger partial charge is 0.393 e. The molecule has 0 aromatic rings. The molecule has 194 valence electrons. The van der Waals surface area contributed by atoms with Gasteiger partial charge in [0.15, 0.2) is 0 Å². The molecule has 1 fully saturated rings. The van der Waals surface area contributed by atoms with Crippen LogP contribution >= 0.6 is 7.82 Å². The summed E-state index contributed by atoms with van der Waals surface area (Å²) in [7, 11) is -5.34. The van der Waals surface area contributed by atoms with Crippen LogP contribution in [0, 0.1) is 0 Å². The molecule has 1 aliphatic carbocycles. The summed E-state index contributed by atoms with van der Waals surface area (Å²) in [6.45, 7) is 2.28. The van der Waals surface area contributed by atoms with Gasteiger partial charge in [0, 0.05) is 21.8 Å². The zero-order valence-corrected chi connectivity index (χ0v) is 22.2. The lowest BCUT2D eigenvalue weighted by atomic mass is 9.97. The van der Waals surface area contributed by atoms with Gasteiger partial charge in [0.1, 0.15) is 0 Å². The van der Waals surface area contributed by atoms with Gasteiger partial charge in [-0.1, -0.05) is 103 Å². The van der Waals surface area contributed by atoms with Gasteiger partial charge in [0.2, 0.25) is 0 Å². The van der Waals surface area contributed by atoms with Gasteiger partial charge < -0.3 is 19.8 Å². The van der Waals surface area contributed by atoms with Gasteiger partial charge in [-0.3, -0.25) is 4.21 Å². The Balaban J connectivity index is 0.00000172. The lowest BCUT2D eigenvalue weighted by Gasteiger charge is -2.25. The molecule has 0 aromatic carbocycles. The standard InChI is InChI=1S/C24H48O2S.H3O4P/c1-2-3-4-5-6-7-8-9-10-11-12-13-14-15-16-17-21-27(26)24-20-18-19-23(25)22-24;1-5(2,3)4/h23-25H,2-22H2,1H3;(H3,1,2,3,4). The molecule has 4 N–H and O–H groups in total. The van der Waals surface area contributed by atoms with Gasteiger partial charge in [0.05, 0.1) is 6.10 Å². The summed E-state index contributed by atoms with van der Waals surface area (Å²) in [6.07, 6.45) is 25.7. The van der Waals surface area contributed by atoms with E-state index in [1.807, 2.05) is 0 Å². The summed E-state index contributed by atoms with van der Waals surface area (Å²) in [5, 5.41) is 9.98. The Labute approximate surface area is 199 Å². The monoisotopic (exact) mass is 498 g/mol. The molecule has 32 heavy (non-hydrogen) atoms. The minimum atomic E-state index is -4.64. The number of rotatable bonds is 18. The zero-order chi connectivity index (χ0) is 24.1. The molecular formula is C24H51O6PS. The normalized spacial score (nSPS) is 19.9. The Bertz CT molecular complexity index is 477. The third-order valence-corrected chi connectivity index (χ3v) is 8.03. The van der Waals surface area contributed by atoms with Crippen molar-refractivity contribution >= 4 is 18.6 Å². The largest absolute Gasteiger partial charge is 0.466 e. The molecule has 0 aromatic heterocycles. The third-order valence-electron chi connectivity index (χ3n) is 6.17. The first-order valence-corrected chi connectivity index (χ1v) is 16.0. The Hall–Kier alpha value is 0.220. The first-order valence-electron chi connectivity index (χ1n) is 13.1. The highest BCUT2D eigenvalue weighted by Crippen LogP contribution is 2.26. The second-order valence-electron chi connectivity index (χ2n) is 9.34. The number of hydrogen-bond donors (Lipinski definition) is 4. The summed E-state index contributed by atoms with van der Waals surface area (Å²) in [6, 6.07) is 0.